The summed E-state index contributed by atoms with van der Waals surface area (Å²) >= 11 is 0. The first-order valence-electron chi connectivity index (χ1n) is 5.72. The zero-order valence-electron chi connectivity index (χ0n) is 11.4. The van der Waals surface area contributed by atoms with Gasteiger partial charge in [-0.05, 0) is 46.5 Å². The minimum absolute atomic E-state index is 0. The summed E-state index contributed by atoms with van der Waals surface area (Å²) in [6.07, 6.45) is 1.84. The van der Waals surface area contributed by atoms with Gasteiger partial charge in [-0.3, -0.25) is 4.98 Å². The van der Waals surface area contributed by atoms with Crippen molar-refractivity contribution in [3.8, 4) is 0 Å². The minimum Gasteiger partial charge on any atom is -0.311 e. The van der Waals surface area contributed by atoms with E-state index in [1.807, 2.05) is 19.2 Å². The van der Waals surface area contributed by atoms with Gasteiger partial charge in [0.2, 0.25) is 0 Å². The van der Waals surface area contributed by atoms with Gasteiger partial charge in [0.25, 0.3) is 0 Å². The number of rotatable bonds is 5. The van der Waals surface area contributed by atoms with Crippen LogP contribution in [0.2, 0.25) is 0 Å². The molecule has 1 N–H and O–H groups in total. The van der Waals surface area contributed by atoms with Gasteiger partial charge in [-0.1, -0.05) is 6.07 Å². The number of halogens is 1. The lowest BCUT2D eigenvalue weighted by Gasteiger charge is -2.32. The first kappa shape index (κ1) is 16.4. The van der Waals surface area contributed by atoms with Gasteiger partial charge in [-0.15, -0.1) is 12.4 Å². The van der Waals surface area contributed by atoms with Crippen molar-refractivity contribution in [2.45, 2.75) is 32.9 Å². The summed E-state index contributed by atoms with van der Waals surface area (Å²) in [6, 6.07) is 4.11. The molecule has 0 unspecified atom stereocenters. The van der Waals surface area contributed by atoms with E-state index in [1.165, 1.54) is 5.56 Å². The summed E-state index contributed by atoms with van der Waals surface area (Å²) in [5.41, 5.74) is 2.56. The summed E-state index contributed by atoms with van der Waals surface area (Å²) < 4.78 is 0. The second-order valence-electron chi connectivity index (χ2n) is 5.06. The Morgan fingerprint density at radius 1 is 1.35 bits per heavy atom. The molecule has 98 valence electrons. The Balaban J connectivity index is 0.00000256. The van der Waals surface area contributed by atoms with E-state index in [9.17, 15) is 0 Å². The molecule has 1 rings (SSSR count). The van der Waals surface area contributed by atoms with Crippen LogP contribution in [0.5, 0.6) is 0 Å². The molecule has 0 aromatic carbocycles. The van der Waals surface area contributed by atoms with Crippen molar-refractivity contribution >= 4 is 12.4 Å². The molecule has 0 atom stereocenters. The van der Waals surface area contributed by atoms with E-state index in [0.29, 0.717) is 0 Å². The maximum Gasteiger partial charge on any atom is 0.0417 e. The van der Waals surface area contributed by atoms with Crippen LogP contribution < -0.4 is 5.32 Å². The molecule has 0 saturated carbocycles. The van der Waals surface area contributed by atoms with Crippen LogP contribution in [-0.4, -0.2) is 36.1 Å². The van der Waals surface area contributed by atoms with Crippen molar-refractivity contribution in [2.75, 3.05) is 20.6 Å². The van der Waals surface area contributed by atoms with Gasteiger partial charge in [0.1, 0.15) is 0 Å². The average molecular weight is 258 g/mol. The first-order chi connectivity index (χ1) is 7.43. The lowest BCUT2D eigenvalue weighted by atomic mass is 10.0. The standard InChI is InChI=1S/C13H23N3.ClH/c1-11-12(7-6-8-15-11)9-14-10-13(2,3)16(4)5;/h6-8,14H,9-10H2,1-5H3;1H. The number of hydrogen-bond acceptors (Lipinski definition) is 3. The molecule has 3 nitrogen and oxygen atoms in total. The van der Waals surface area contributed by atoms with E-state index >= 15 is 0 Å². The van der Waals surface area contributed by atoms with Gasteiger partial charge in [0.05, 0.1) is 0 Å². The fourth-order valence-corrected chi connectivity index (χ4v) is 1.37. The number of aromatic nitrogens is 1. The first-order valence-corrected chi connectivity index (χ1v) is 5.72. The number of nitrogens with one attached hydrogen (secondary N) is 1. The Morgan fingerprint density at radius 2 is 2.00 bits per heavy atom. The SMILES string of the molecule is Cc1ncccc1CNCC(C)(C)N(C)C.Cl. The maximum atomic E-state index is 4.28. The minimum atomic E-state index is 0. The highest BCUT2D eigenvalue weighted by molar-refractivity contribution is 5.85. The topological polar surface area (TPSA) is 28.2 Å². The van der Waals surface area contributed by atoms with Gasteiger partial charge in [-0.2, -0.15) is 0 Å². The molecule has 4 heteroatoms. The molecular formula is C13H24ClN3. The predicted octanol–water partition coefficient (Wildman–Crippen LogP) is 2.24. The lowest BCUT2D eigenvalue weighted by molar-refractivity contribution is 0.189. The van der Waals surface area contributed by atoms with E-state index in [2.05, 4.69) is 49.2 Å². The van der Waals surface area contributed by atoms with Crippen molar-refractivity contribution in [3.05, 3.63) is 29.6 Å². The van der Waals surface area contributed by atoms with Gasteiger partial charge >= 0.3 is 0 Å². The van der Waals surface area contributed by atoms with Crippen molar-refractivity contribution < 1.29 is 0 Å². The largest absolute Gasteiger partial charge is 0.311 e. The molecule has 1 heterocycles. The third-order valence-electron chi connectivity index (χ3n) is 3.20. The summed E-state index contributed by atoms with van der Waals surface area (Å²) in [5.74, 6) is 0. The van der Waals surface area contributed by atoms with Crippen molar-refractivity contribution in [2.24, 2.45) is 0 Å². The summed E-state index contributed by atoms with van der Waals surface area (Å²) in [4.78, 5) is 6.51. The molecule has 0 aliphatic carbocycles. The molecule has 0 fully saturated rings. The Bertz CT molecular complexity index is 337. The zero-order valence-corrected chi connectivity index (χ0v) is 12.3. The highest BCUT2D eigenvalue weighted by atomic mass is 35.5. The number of aryl methyl sites for hydroxylation is 1. The molecule has 0 bridgehead atoms. The highest BCUT2D eigenvalue weighted by Gasteiger charge is 2.19. The van der Waals surface area contributed by atoms with Crippen molar-refractivity contribution in [1.82, 2.24) is 15.2 Å². The van der Waals surface area contributed by atoms with Gasteiger partial charge < -0.3 is 10.2 Å². The normalized spacial score (nSPS) is 11.4. The maximum absolute atomic E-state index is 4.28. The molecule has 0 aliphatic heterocycles. The van der Waals surface area contributed by atoms with E-state index in [-0.39, 0.29) is 17.9 Å². The van der Waals surface area contributed by atoms with E-state index in [1.54, 1.807) is 0 Å². The third kappa shape index (κ3) is 5.02. The fourth-order valence-electron chi connectivity index (χ4n) is 1.37. The third-order valence-corrected chi connectivity index (χ3v) is 3.20. The Morgan fingerprint density at radius 3 is 2.53 bits per heavy atom. The summed E-state index contributed by atoms with van der Waals surface area (Å²) in [7, 11) is 4.22. The molecule has 0 amide bonds. The number of nitrogens with zero attached hydrogens (tertiary/aromatic N) is 2. The summed E-state index contributed by atoms with van der Waals surface area (Å²) in [5, 5.41) is 3.48. The highest BCUT2D eigenvalue weighted by Crippen LogP contribution is 2.09. The molecule has 1 aromatic rings. The number of pyridine rings is 1. The van der Waals surface area contributed by atoms with Crippen LogP contribution >= 0.6 is 12.4 Å². The summed E-state index contributed by atoms with van der Waals surface area (Å²) in [6.45, 7) is 8.37. The zero-order chi connectivity index (χ0) is 12.2. The van der Waals surface area contributed by atoms with E-state index < -0.39 is 0 Å². The smallest absolute Gasteiger partial charge is 0.0417 e. The Kier molecular flexibility index (Phi) is 6.68. The van der Waals surface area contributed by atoms with Crippen molar-refractivity contribution in [3.63, 3.8) is 0 Å². The lowest BCUT2D eigenvalue weighted by Crippen LogP contribution is -2.46. The number of likely N-dealkylation sites (N-methyl/N-ethyl adjacent to an activating group) is 1. The molecule has 0 saturated heterocycles. The Hall–Kier alpha value is -0.640. The monoisotopic (exact) mass is 257 g/mol. The molecule has 0 radical (unpaired) electrons. The van der Waals surface area contributed by atoms with Crippen LogP contribution in [-0.2, 0) is 6.54 Å². The molecule has 17 heavy (non-hydrogen) atoms. The van der Waals surface area contributed by atoms with Crippen LogP contribution in [0.1, 0.15) is 25.1 Å². The van der Waals surface area contributed by atoms with Crippen LogP contribution in [0.4, 0.5) is 0 Å². The van der Waals surface area contributed by atoms with Gasteiger partial charge in [-0.25, -0.2) is 0 Å². The molecule has 0 spiro atoms. The Labute approximate surface area is 111 Å². The van der Waals surface area contributed by atoms with E-state index in [4.69, 9.17) is 0 Å². The second kappa shape index (κ2) is 6.94. The average Bonchev–Trinajstić information content (AvgIpc) is 2.20. The van der Waals surface area contributed by atoms with E-state index in [0.717, 1.165) is 18.8 Å². The molecule has 1 aromatic heterocycles. The van der Waals surface area contributed by atoms with Gasteiger partial charge in [0, 0.05) is 30.5 Å². The second-order valence-corrected chi connectivity index (χ2v) is 5.06. The van der Waals surface area contributed by atoms with Gasteiger partial charge in [0.15, 0.2) is 0 Å². The molecular weight excluding hydrogens is 234 g/mol. The fraction of sp³-hybridized carbons (Fsp3) is 0.615. The predicted molar refractivity (Wildman–Crippen MR) is 75.7 cm³/mol. The number of hydrogen-bond donors (Lipinski definition) is 1. The quantitative estimate of drug-likeness (QED) is 0.877. The molecule has 0 aliphatic rings. The van der Waals surface area contributed by atoms with Crippen LogP contribution in [0.25, 0.3) is 0 Å². The van der Waals surface area contributed by atoms with Crippen LogP contribution in [0.15, 0.2) is 18.3 Å². The van der Waals surface area contributed by atoms with Crippen molar-refractivity contribution in [1.29, 1.82) is 0 Å². The van der Waals surface area contributed by atoms with Crippen LogP contribution in [0, 0.1) is 6.92 Å². The van der Waals surface area contributed by atoms with Crippen LogP contribution in [0.3, 0.4) is 0 Å².